The summed E-state index contributed by atoms with van der Waals surface area (Å²) < 4.78 is 18.8. The summed E-state index contributed by atoms with van der Waals surface area (Å²) in [5.41, 5.74) is 2.41. The van der Waals surface area contributed by atoms with E-state index in [2.05, 4.69) is 26.3 Å². The molecule has 0 bridgehead atoms. The molecule has 4 nitrogen and oxygen atoms in total. The number of hydrazine groups is 1. The van der Waals surface area contributed by atoms with Gasteiger partial charge in [0.2, 0.25) is 5.88 Å². The van der Waals surface area contributed by atoms with Gasteiger partial charge in [-0.3, -0.25) is 0 Å². The molecule has 0 saturated heterocycles. The van der Waals surface area contributed by atoms with Gasteiger partial charge in [-0.2, -0.15) is 4.98 Å². The van der Waals surface area contributed by atoms with Crippen molar-refractivity contribution < 1.29 is 9.13 Å². The lowest BCUT2D eigenvalue weighted by Crippen LogP contribution is -2.08. The smallest absolute Gasteiger partial charge is 0.221 e. The van der Waals surface area contributed by atoms with Gasteiger partial charge in [-0.15, -0.1) is 0 Å². The molecule has 2 aromatic rings. The predicted octanol–water partition coefficient (Wildman–Crippen LogP) is 3.06. The van der Waals surface area contributed by atoms with Crippen molar-refractivity contribution in [2.45, 2.75) is 0 Å². The molecule has 0 amide bonds. The Labute approximate surface area is 106 Å². The lowest BCUT2D eigenvalue weighted by molar-refractivity contribution is 0.461. The third-order valence-corrected chi connectivity index (χ3v) is 2.59. The highest BCUT2D eigenvalue weighted by molar-refractivity contribution is 9.10. The summed E-state index contributed by atoms with van der Waals surface area (Å²) in [6.45, 7) is 0. The number of rotatable bonds is 3. The van der Waals surface area contributed by atoms with Crippen LogP contribution in [0, 0.1) is 5.82 Å². The second-order valence-electron chi connectivity index (χ2n) is 3.18. The molecule has 3 N–H and O–H groups in total. The summed E-state index contributed by atoms with van der Waals surface area (Å²) in [7, 11) is 0. The fraction of sp³-hybridized carbons (Fsp3) is 0. The Balaban J connectivity index is 2.22. The van der Waals surface area contributed by atoms with Crippen LogP contribution in [-0.2, 0) is 0 Å². The number of nitrogens with two attached hydrogens (primary N) is 1. The number of halogens is 2. The van der Waals surface area contributed by atoms with Crippen molar-refractivity contribution in [1.29, 1.82) is 0 Å². The first kappa shape index (κ1) is 11.8. The second-order valence-corrected chi connectivity index (χ2v) is 4.04. The maximum absolute atomic E-state index is 13.0. The number of hydrogen-bond acceptors (Lipinski definition) is 4. The molecular formula is C11H9BrFN3O. The molecule has 0 spiro atoms. The summed E-state index contributed by atoms with van der Waals surface area (Å²) in [4.78, 5) is 4.07. The van der Waals surface area contributed by atoms with Crippen molar-refractivity contribution in [2.75, 3.05) is 5.43 Å². The van der Waals surface area contributed by atoms with Crippen LogP contribution < -0.4 is 16.0 Å². The topological polar surface area (TPSA) is 60.2 Å². The monoisotopic (exact) mass is 297 g/mol. The third-order valence-electron chi connectivity index (χ3n) is 1.98. The number of nitrogens with one attached hydrogen (secondary N) is 1. The van der Waals surface area contributed by atoms with Crippen LogP contribution in [0.4, 0.5) is 10.2 Å². The second kappa shape index (κ2) is 5.11. The van der Waals surface area contributed by atoms with E-state index in [1.165, 1.54) is 18.2 Å². The van der Waals surface area contributed by atoms with Crippen molar-refractivity contribution in [3.05, 3.63) is 46.7 Å². The molecule has 0 radical (unpaired) electrons. The molecule has 2 rings (SSSR count). The highest BCUT2D eigenvalue weighted by Crippen LogP contribution is 2.25. The van der Waals surface area contributed by atoms with Gasteiger partial charge in [-0.1, -0.05) is 6.07 Å². The highest BCUT2D eigenvalue weighted by Gasteiger charge is 2.03. The molecule has 0 unspecified atom stereocenters. The Morgan fingerprint density at radius 2 is 2.12 bits per heavy atom. The summed E-state index contributed by atoms with van der Waals surface area (Å²) in [5, 5.41) is 0. The van der Waals surface area contributed by atoms with Gasteiger partial charge >= 0.3 is 0 Å². The van der Waals surface area contributed by atoms with Crippen molar-refractivity contribution >= 4 is 21.7 Å². The number of ether oxygens (including phenoxy) is 1. The standard InChI is InChI=1S/C11H9BrFN3O/c12-8-6-7(4-5-9(8)13)17-11-3-1-2-10(15-11)16-14/h1-6H,14H2,(H,15,16). The molecular weight excluding hydrogens is 289 g/mol. The molecule has 0 aliphatic heterocycles. The summed E-state index contributed by atoms with van der Waals surface area (Å²) in [5.74, 6) is 6.24. The van der Waals surface area contributed by atoms with Gasteiger partial charge < -0.3 is 10.2 Å². The predicted molar refractivity (Wildman–Crippen MR) is 66.2 cm³/mol. The maximum Gasteiger partial charge on any atom is 0.221 e. The van der Waals surface area contributed by atoms with Gasteiger partial charge in [0.25, 0.3) is 0 Å². The molecule has 1 heterocycles. The van der Waals surface area contributed by atoms with Gasteiger partial charge in [-0.05, 0) is 40.2 Å². The van der Waals surface area contributed by atoms with E-state index in [1.807, 2.05) is 0 Å². The SMILES string of the molecule is NNc1cccc(Oc2ccc(F)c(Br)c2)n1. The normalized spacial score (nSPS) is 10.1. The Bertz CT molecular complexity index is 536. The number of nitrogens with zero attached hydrogens (tertiary/aromatic N) is 1. The van der Waals surface area contributed by atoms with Crippen molar-refractivity contribution in [3.8, 4) is 11.6 Å². The summed E-state index contributed by atoms with van der Waals surface area (Å²) >= 11 is 3.08. The quantitative estimate of drug-likeness (QED) is 0.675. The first-order valence-electron chi connectivity index (χ1n) is 4.75. The van der Waals surface area contributed by atoms with Crippen LogP contribution in [0.1, 0.15) is 0 Å². The molecule has 88 valence electrons. The first-order chi connectivity index (χ1) is 8.19. The van der Waals surface area contributed by atoms with Gasteiger partial charge in [0.15, 0.2) is 0 Å². The van der Waals surface area contributed by atoms with Gasteiger partial charge in [0, 0.05) is 6.07 Å². The van der Waals surface area contributed by atoms with E-state index in [-0.39, 0.29) is 5.82 Å². The van der Waals surface area contributed by atoms with E-state index >= 15 is 0 Å². The lowest BCUT2D eigenvalue weighted by atomic mass is 10.3. The zero-order valence-corrected chi connectivity index (χ0v) is 10.2. The fourth-order valence-corrected chi connectivity index (χ4v) is 1.57. The molecule has 0 atom stereocenters. The van der Waals surface area contributed by atoms with Crippen LogP contribution >= 0.6 is 15.9 Å². The Hall–Kier alpha value is -1.66. The number of hydrogen-bond donors (Lipinski definition) is 2. The molecule has 17 heavy (non-hydrogen) atoms. The average Bonchev–Trinajstić information content (AvgIpc) is 2.34. The summed E-state index contributed by atoms with van der Waals surface area (Å²) in [6, 6.07) is 9.48. The molecule has 0 aliphatic rings. The molecule has 0 fully saturated rings. The number of pyridine rings is 1. The van der Waals surface area contributed by atoms with E-state index in [1.54, 1.807) is 18.2 Å². The highest BCUT2D eigenvalue weighted by atomic mass is 79.9. The third kappa shape index (κ3) is 2.92. The van der Waals surface area contributed by atoms with Crippen molar-refractivity contribution in [2.24, 2.45) is 5.84 Å². The van der Waals surface area contributed by atoms with E-state index in [0.717, 1.165) is 0 Å². The van der Waals surface area contributed by atoms with E-state index in [4.69, 9.17) is 10.6 Å². The minimum atomic E-state index is -0.345. The van der Waals surface area contributed by atoms with E-state index < -0.39 is 0 Å². The first-order valence-corrected chi connectivity index (χ1v) is 5.55. The Morgan fingerprint density at radius 1 is 1.29 bits per heavy atom. The fourth-order valence-electron chi connectivity index (χ4n) is 1.21. The van der Waals surface area contributed by atoms with Gasteiger partial charge in [0.05, 0.1) is 4.47 Å². The Kier molecular flexibility index (Phi) is 3.55. The van der Waals surface area contributed by atoms with Crippen LogP contribution in [0.2, 0.25) is 0 Å². The van der Waals surface area contributed by atoms with Gasteiger partial charge in [0.1, 0.15) is 17.4 Å². The maximum atomic E-state index is 13.0. The molecule has 6 heteroatoms. The zero-order chi connectivity index (χ0) is 12.3. The molecule has 0 aliphatic carbocycles. The molecule has 0 saturated carbocycles. The number of benzene rings is 1. The molecule has 1 aromatic heterocycles. The van der Waals surface area contributed by atoms with Crippen LogP contribution in [0.25, 0.3) is 0 Å². The van der Waals surface area contributed by atoms with Crippen molar-refractivity contribution in [1.82, 2.24) is 4.98 Å². The van der Waals surface area contributed by atoms with E-state index in [0.29, 0.717) is 21.9 Å². The largest absolute Gasteiger partial charge is 0.439 e. The van der Waals surface area contributed by atoms with Crippen molar-refractivity contribution in [3.63, 3.8) is 0 Å². The van der Waals surface area contributed by atoms with E-state index in [9.17, 15) is 4.39 Å². The number of nitrogen functional groups attached to an aromatic ring is 1. The zero-order valence-electron chi connectivity index (χ0n) is 8.65. The van der Waals surface area contributed by atoms with Crippen LogP contribution in [0.3, 0.4) is 0 Å². The molecule has 1 aromatic carbocycles. The lowest BCUT2D eigenvalue weighted by Gasteiger charge is -2.06. The Morgan fingerprint density at radius 3 is 2.82 bits per heavy atom. The summed E-state index contributed by atoms with van der Waals surface area (Å²) in [6.07, 6.45) is 0. The minimum absolute atomic E-state index is 0.336. The van der Waals surface area contributed by atoms with Crippen LogP contribution in [-0.4, -0.2) is 4.98 Å². The van der Waals surface area contributed by atoms with Crippen LogP contribution in [0.5, 0.6) is 11.6 Å². The number of aromatic nitrogens is 1. The minimum Gasteiger partial charge on any atom is -0.439 e. The van der Waals surface area contributed by atoms with Gasteiger partial charge in [-0.25, -0.2) is 10.2 Å². The van der Waals surface area contributed by atoms with Crippen LogP contribution in [0.15, 0.2) is 40.9 Å². The average molecular weight is 298 g/mol. The number of anilines is 1.